The molecule has 0 radical (unpaired) electrons. The zero-order chi connectivity index (χ0) is 29.4. The van der Waals surface area contributed by atoms with Crippen LogP contribution in [0.1, 0.15) is 11.1 Å². The fourth-order valence-corrected chi connectivity index (χ4v) is 4.30. The Morgan fingerprint density at radius 1 is 0.732 bits per heavy atom. The summed E-state index contributed by atoms with van der Waals surface area (Å²) in [5.74, 6) is -1.13. The van der Waals surface area contributed by atoms with Gasteiger partial charge in [-0.05, 0) is 54.1 Å². The van der Waals surface area contributed by atoms with Crippen LogP contribution in [0.5, 0.6) is 23.1 Å². The van der Waals surface area contributed by atoms with Gasteiger partial charge in [0.05, 0.1) is 0 Å². The van der Waals surface area contributed by atoms with Crippen LogP contribution in [0.4, 0.5) is 26.3 Å². The van der Waals surface area contributed by atoms with E-state index < -0.39 is 35.3 Å². The maximum Gasteiger partial charge on any atom is 0.573 e. The molecule has 0 unspecified atom stereocenters. The van der Waals surface area contributed by atoms with Crippen molar-refractivity contribution in [1.29, 1.82) is 0 Å². The lowest BCUT2D eigenvalue weighted by molar-refractivity contribution is -0.673. The highest BCUT2D eigenvalue weighted by atomic mass is 19.4. The molecule has 2 aromatic heterocycles. The monoisotopic (exact) mass is 573 g/mol. The Morgan fingerprint density at radius 2 is 1.32 bits per heavy atom. The summed E-state index contributed by atoms with van der Waals surface area (Å²) in [5, 5.41) is 10.7. The smallest absolute Gasteiger partial charge is 0.477 e. The number of benzene rings is 3. The Bertz CT molecular complexity index is 1750. The molecule has 210 valence electrons. The van der Waals surface area contributed by atoms with Crippen LogP contribution in [0.2, 0.25) is 0 Å². The topological polar surface area (TPSA) is 64.0 Å². The minimum atomic E-state index is -5.13. The number of hydrogen-bond acceptors (Lipinski definition) is 4. The quantitative estimate of drug-likeness (QED) is 0.181. The molecule has 0 saturated carbocycles. The van der Waals surface area contributed by atoms with Gasteiger partial charge in [0.25, 0.3) is 5.65 Å². The minimum Gasteiger partial charge on any atom is -0.477 e. The van der Waals surface area contributed by atoms with Crippen LogP contribution in [0.15, 0.2) is 102 Å². The van der Waals surface area contributed by atoms with Crippen LogP contribution in [-0.4, -0.2) is 15.9 Å². The van der Waals surface area contributed by atoms with Gasteiger partial charge in [-0.25, -0.2) is 4.79 Å². The maximum absolute atomic E-state index is 14.0. The maximum atomic E-state index is 14.0. The average Bonchev–Trinajstić information content (AvgIpc) is 2.91. The number of rotatable bonds is 6. The van der Waals surface area contributed by atoms with E-state index in [-0.39, 0.29) is 23.6 Å². The Hall–Kier alpha value is -5.00. The second-order valence-corrected chi connectivity index (χ2v) is 8.82. The van der Waals surface area contributed by atoms with Crippen LogP contribution in [0.3, 0.4) is 0 Å². The highest BCUT2D eigenvalue weighted by Gasteiger charge is 2.44. The van der Waals surface area contributed by atoms with E-state index in [1.165, 1.54) is 36.4 Å². The first-order valence-corrected chi connectivity index (χ1v) is 12.0. The number of ether oxygens (including phenoxy) is 2. The van der Waals surface area contributed by atoms with Crippen molar-refractivity contribution >= 4 is 5.65 Å². The summed E-state index contributed by atoms with van der Waals surface area (Å²) in [4.78, 5) is 13.1. The molecule has 0 amide bonds. The van der Waals surface area contributed by atoms with E-state index in [9.17, 15) is 36.2 Å². The van der Waals surface area contributed by atoms with Crippen molar-refractivity contribution in [1.82, 2.24) is 4.40 Å². The van der Waals surface area contributed by atoms with E-state index in [0.29, 0.717) is 16.9 Å². The van der Waals surface area contributed by atoms with Crippen molar-refractivity contribution in [2.45, 2.75) is 19.1 Å². The molecule has 41 heavy (non-hydrogen) atoms. The van der Waals surface area contributed by atoms with Gasteiger partial charge in [-0.2, -0.15) is 22.1 Å². The van der Waals surface area contributed by atoms with Crippen molar-refractivity contribution in [3.63, 3.8) is 0 Å². The lowest BCUT2D eigenvalue weighted by Gasteiger charge is -2.14. The SMILES string of the molecule is O=c1c(C(F)(F)F)c(O)[n+](Cc2ccc(Oc3ccc(OC(F)(F)F)cc3)cc2)c2cccc(-c3ccccc3)n12. The van der Waals surface area contributed by atoms with Gasteiger partial charge in [-0.3, -0.25) is 0 Å². The first-order chi connectivity index (χ1) is 19.4. The fraction of sp³-hybridized carbons (Fsp3) is 0.103. The predicted octanol–water partition coefficient (Wildman–Crippen LogP) is 6.72. The molecular formula is C29H19F6N2O4+. The van der Waals surface area contributed by atoms with E-state index in [0.717, 1.165) is 21.1 Å². The lowest BCUT2D eigenvalue weighted by Crippen LogP contribution is -2.44. The molecule has 2 heterocycles. The molecular weight excluding hydrogens is 554 g/mol. The molecule has 0 aliphatic carbocycles. The summed E-state index contributed by atoms with van der Waals surface area (Å²) in [6, 6.07) is 23.7. The molecule has 0 aliphatic heterocycles. The number of hydrogen-bond donors (Lipinski definition) is 1. The molecule has 0 fully saturated rings. The molecule has 0 saturated heterocycles. The van der Waals surface area contributed by atoms with Crippen LogP contribution in [-0.2, 0) is 12.7 Å². The Labute approximate surface area is 227 Å². The predicted molar refractivity (Wildman–Crippen MR) is 135 cm³/mol. The van der Waals surface area contributed by atoms with E-state index >= 15 is 0 Å². The average molecular weight is 573 g/mol. The van der Waals surface area contributed by atoms with Crippen molar-refractivity contribution in [2.24, 2.45) is 0 Å². The molecule has 5 aromatic rings. The molecule has 0 aliphatic rings. The third-order valence-electron chi connectivity index (χ3n) is 6.05. The standard InChI is InChI=1S/C29H18F6N2O4/c30-28(31,32)25-26(38)36(24-8-4-7-23(37(24)27(25)39)19-5-2-1-3-6-19)17-18-9-11-20(12-10-18)40-21-13-15-22(16-14-21)41-29(33,34)35/h1-16H,17H2/p+1. The third-order valence-corrected chi connectivity index (χ3v) is 6.05. The van der Waals surface area contributed by atoms with Gasteiger partial charge < -0.3 is 14.6 Å². The molecule has 12 heteroatoms. The molecule has 5 rings (SSSR count). The second-order valence-electron chi connectivity index (χ2n) is 8.82. The number of pyridine rings is 1. The first kappa shape index (κ1) is 27.6. The Kier molecular flexibility index (Phi) is 7.08. The fourth-order valence-electron chi connectivity index (χ4n) is 4.30. The summed E-state index contributed by atoms with van der Waals surface area (Å²) in [6.45, 7) is -0.235. The molecule has 0 spiro atoms. The lowest BCUT2D eigenvalue weighted by atomic mass is 10.1. The zero-order valence-electron chi connectivity index (χ0n) is 20.8. The van der Waals surface area contributed by atoms with Crippen LogP contribution in [0.25, 0.3) is 16.9 Å². The van der Waals surface area contributed by atoms with E-state index in [1.807, 2.05) is 0 Å². The van der Waals surface area contributed by atoms with Crippen molar-refractivity contribution < 1.29 is 45.5 Å². The zero-order valence-corrected chi connectivity index (χ0v) is 20.8. The summed E-state index contributed by atoms with van der Waals surface area (Å²) in [5.41, 5.74) is -1.89. The van der Waals surface area contributed by atoms with Gasteiger partial charge in [0.1, 0.15) is 29.5 Å². The number of nitrogens with zero attached hydrogens (tertiary/aromatic N) is 2. The second kappa shape index (κ2) is 10.5. The first-order valence-electron chi connectivity index (χ1n) is 12.0. The summed E-state index contributed by atoms with van der Waals surface area (Å²) in [6.07, 6.45) is -9.96. The third kappa shape index (κ3) is 5.96. The van der Waals surface area contributed by atoms with Crippen molar-refractivity contribution in [3.05, 3.63) is 119 Å². The largest absolute Gasteiger partial charge is 0.573 e. The number of fused-ring (bicyclic) bond motifs is 1. The van der Waals surface area contributed by atoms with E-state index in [4.69, 9.17) is 4.74 Å². The molecule has 0 atom stereocenters. The minimum absolute atomic E-state index is 0.0309. The van der Waals surface area contributed by atoms with Crippen molar-refractivity contribution in [2.75, 3.05) is 0 Å². The van der Waals surface area contributed by atoms with Crippen LogP contribution >= 0.6 is 0 Å². The Morgan fingerprint density at radius 3 is 1.90 bits per heavy atom. The van der Waals surface area contributed by atoms with Gasteiger partial charge >= 0.3 is 24.0 Å². The number of halogens is 6. The van der Waals surface area contributed by atoms with Crippen molar-refractivity contribution in [3.8, 4) is 34.4 Å². The molecule has 1 N–H and O–H groups in total. The highest BCUT2D eigenvalue weighted by Crippen LogP contribution is 2.33. The Balaban J connectivity index is 1.49. The summed E-state index contributed by atoms with van der Waals surface area (Å²) >= 11 is 0. The van der Waals surface area contributed by atoms with Gasteiger partial charge in [0.15, 0.2) is 0 Å². The van der Waals surface area contributed by atoms with Crippen LogP contribution in [0, 0.1) is 0 Å². The van der Waals surface area contributed by atoms with E-state index in [1.54, 1.807) is 48.5 Å². The summed E-state index contributed by atoms with van der Waals surface area (Å²) < 4.78 is 90.4. The van der Waals surface area contributed by atoms with Gasteiger partial charge in [0.2, 0.25) is 5.56 Å². The van der Waals surface area contributed by atoms with Gasteiger partial charge in [0, 0.05) is 11.6 Å². The normalized spacial score (nSPS) is 12.0. The molecule has 3 aromatic carbocycles. The molecule has 6 nitrogen and oxygen atoms in total. The van der Waals surface area contributed by atoms with Crippen LogP contribution < -0.4 is 19.6 Å². The number of alkyl halides is 6. The van der Waals surface area contributed by atoms with Gasteiger partial charge in [-0.1, -0.05) is 42.5 Å². The number of aromatic hydroxyl groups is 1. The number of aromatic nitrogens is 2. The van der Waals surface area contributed by atoms with Gasteiger partial charge in [-0.15, -0.1) is 13.2 Å². The molecule has 0 bridgehead atoms. The summed E-state index contributed by atoms with van der Waals surface area (Å²) in [7, 11) is 0. The highest BCUT2D eigenvalue weighted by molar-refractivity contribution is 5.62. The van der Waals surface area contributed by atoms with E-state index in [2.05, 4.69) is 4.74 Å².